The van der Waals surface area contributed by atoms with E-state index in [0.29, 0.717) is 18.0 Å². The first kappa shape index (κ1) is 23.5. The lowest BCUT2D eigenvalue weighted by molar-refractivity contribution is -0.104. The predicted octanol–water partition coefficient (Wildman–Crippen LogP) is 6.34. The number of benzene rings is 1. The average molecular weight is 474 g/mol. The van der Waals surface area contributed by atoms with Gasteiger partial charge in [0.2, 0.25) is 0 Å². The molecule has 1 aromatic heterocycles. The summed E-state index contributed by atoms with van der Waals surface area (Å²) in [6.07, 6.45) is 14.1. The van der Waals surface area contributed by atoms with Gasteiger partial charge in [0.05, 0.1) is 5.60 Å². The van der Waals surface area contributed by atoms with Crippen molar-refractivity contribution >= 4 is 5.69 Å². The van der Waals surface area contributed by atoms with E-state index in [1.807, 2.05) is 6.20 Å². The SMILES string of the molecule is CC(C)C1CCc2cccc3c2N1CCC3NCC[C@@]1(c2ccccn2)CCOC2(CCCC2)C1. The summed E-state index contributed by atoms with van der Waals surface area (Å²) in [5.74, 6) is 0.704. The van der Waals surface area contributed by atoms with Crippen molar-refractivity contribution < 1.29 is 4.74 Å². The van der Waals surface area contributed by atoms with Gasteiger partial charge in [0.15, 0.2) is 0 Å². The number of nitrogens with one attached hydrogen (secondary N) is 1. The van der Waals surface area contributed by atoms with Crippen LogP contribution in [0.15, 0.2) is 42.6 Å². The van der Waals surface area contributed by atoms with Crippen molar-refractivity contribution in [1.29, 1.82) is 0 Å². The lowest BCUT2D eigenvalue weighted by Gasteiger charge is -2.48. The van der Waals surface area contributed by atoms with Crippen molar-refractivity contribution in [2.24, 2.45) is 5.92 Å². The first-order chi connectivity index (χ1) is 17.1. The number of hydrogen-bond acceptors (Lipinski definition) is 4. The Bertz CT molecular complexity index is 1020. The van der Waals surface area contributed by atoms with E-state index in [-0.39, 0.29) is 11.0 Å². The summed E-state index contributed by atoms with van der Waals surface area (Å²) in [6.45, 7) is 7.87. The number of para-hydroxylation sites is 1. The summed E-state index contributed by atoms with van der Waals surface area (Å²) in [7, 11) is 0. The fourth-order valence-electron chi connectivity index (χ4n) is 7.96. The van der Waals surface area contributed by atoms with Crippen LogP contribution in [0.1, 0.15) is 94.5 Å². The van der Waals surface area contributed by atoms with Crippen LogP contribution in [0.25, 0.3) is 0 Å². The Hall–Kier alpha value is -1.91. The molecule has 1 saturated heterocycles. The highest BCUT2D eigenvalue weighted by Crippen LogP contribution is 2.50. The molecule has 3 atom stereocenters. The summed E-state index contributed by atoms with van der Waals surface area (Å²) in [5.41, 5.74) is 6.13. The molecule has 1 saturated carbocycles. The fraction of sp³-hybridized carbons (Fsp3) is 0.645. The van der Waals surface area contributed by atoms with Gasteiger partial charge in [0.25, 0.3) is 0 Å². The molecule has 3 aliphatic heterocycles. The third-order valence-corrected chi connectivity index (χ3v) is 9.72. The number of pyridine rings is 1. The zero-order valence-electron chi connectivity index (χ0n) is 21.8. The molecule has 4 heterocycles. The molecule has 0 amide bonds. The highest BCUT2D eigenvalue weighted by molar-refractivity contribution is 5.64. The third kappa shape index (κ3) is 4.31. The molecule has 188 valence electrons. The second-order valence-corrected chi connectivity index (χ2v) is 12.1. The summed E-state index contributed by atoms with van der Waals surface area (Å²) in [5, 5.41) is 4.04. The normalized spacial score (nSPS) is 29.5. The van der Waals surface area contributed by atoms with Gasteiger partial charge in [-0.1, -0.05) is 51.0 Å². The average Bonchev–Trinajstić information content (AvgIpc) is 3.33. The maximum atomic E-state index is 6.47. The summed E-state index contributed by atoms with van der Waals surface area (Å²) >= 11 is 0. The number of anilines is 1. The molecule has 4 aliphatic rings. The highest BCUT2D eigenvalue weighted by Gasteiger charge is 2.48. The lowest BCUT2D eigenvalue weighted by Crippen LogP contribution is -2.49. The Kier molecular flexibility index (Phi) is 6.39. The van der Waals surface area contributed by atoms with Gasteiger partial charge in [0.1, 0.15) is 0 Å². The van der Waals surface area contributed by atoms with Gasteiger partial charge in [-0.15, -0.1) is 0 Å². The lowest BCUT2D eigenvalue weighted by atomic mass is 9.68. The minimum atomic E-state index is 0.0888. The minimum absolute atomic E-state index is 0.0888. The topological polar surface area (TPSA) is 37.4 Å². The zero-order chi connectivity index (χ0) is 23.9. The monoisotopic (exact) mass is 473 g/mol. The molecule has 35 heavy (non-hydrogen) atoms. The maximum absolute atomic E-state index is 6.47. The Morgan fingerprint density at radius 1 is 1.09 bits per heavy atom. The first-order valence-electron chi connectivity index (χ1n) is 14.3. The number of nitrogens with zero attached hydrogens (tertiary/aromatic N) is 2. The van der Waals surface area contributed by atoms with Crippen molar-refractivity contribution in [3.05, 3.63) is 59.4 Å². The Labute approximate surface area is 211 Å². The Morgan fingerprint density at radius 3 is 2.77 bits per heavy atom. The van der Waals surface area contributed by atoms with Crippen molar-refractivity contribution in [3.63, 3.8) is 0 Å². The van der Waals surface area contributed by atoms with Crippen LogP contribution in [0.2, 0.25) is 0 Å². The van der Waals surface area contributed by atoms with Crippen LogP contribution in [-0.4, -0.2) is 36.3 Å². The van der Waals surface area contributed by atoms with E-state index >= 15 is 0 Å². The van der Waals surface area contributed by atoms with Crippen molar-refractivity contribution in [2.45, 2.75) is 101 Å². The summed E-state index contributed by atoms with van der Waals surface area (Å²) < 4.78 is 6.47. The van der Waals surface area contributed by atoms with Crippen LogP contribution >= 0.6 is 0 Å². The summed E-state index contributed by atoms with van der Waals surface area (Å²) in [6, 6.07) is 14.7. The number of ether oxygens (including phenoxy) is 1. The number of aryl methyl sites for hydroxylation is 1. The van der Waals surface area contributed by atoms with Gasteiger partial charge in [0, 0.05) is 48.2 Å². The molecule has 2 fully saturated rings. The van der Waals surface area contributed by atoms with Crippen LogP contribution in [-0.2, 0) is 16.6 Å². The van der Waals surface area contributed by atoms with Crippen LogP contribution in [0.3, 0.4) is 0 Å². The minimum Gasteiger partial charge on any atom is -0.375 e. The second kappa shape index (κ2) is 9.52. The predicted molar refractivity (Wildman–Crippen MR) is 143 cm³/mol. The molecule has 6 rings (SSSR count). The summed E-state index contributed by atoms with van der Waals surface area (Å²) in [4.78, 5) is 7.65. The van der Waals surface area contributed by atoms with Gasteiger partial charge in [-0.3, -0.25) is 4.98 Å². The molecule has 4 nitrogen and oxygen atoms in total. The van der Waals surface area contributed by atoms with E-state index in [9.17, 15) is 0 Å². The van der Waals surface area contributed by atoms with Gasteiger partial charge < -0.3 is 15.0 Å². The molecule has 1 N–H and O–H groups in total. The molecule has 4 heteroatoms. The van der Waals surface area contributed by atoms with E-state index in [4.69, 9.17) is 9.72 Å². The van der Waals surface area contributed by atoms with Gasteiger partial charge in [-0.2, -0.15) is 0 Å². The molecule has 1 aliphatic carbocycles. The van der Waals surface area contributed by atoms with E-state index < -0.39 is 0 Å². The second-order valence-electron chi connectivity index (χ2n) is 12.1. The molecule has 2 unspecified atom stereocenters. The fourth-order valence-corrected chi connectivity index (χ4v) is 7.96. The van der Waals surface area contributed by atoms with E-state index in [0.717, 1.165) is 32.4 Å². The van der Waals surface area contributed by atoms with E-state index in [2.05, 4.69) is 60.5 Å². The van der Waals surface area contributed by atoms with E-state index in [1.165, 1.54) is 62.7 Å². The molecular weight excluding hydrogens is 430 g/mol. The first-order valence-corrected chi connectivity index (χ1v) is 14.3. The van der Waals surface area contributed by atoms with Gasteiger partial charge in [-0.25, -0.2) is 0 Å². The van der Waals surface area contributed by atoms with Crippen molar-refractivity contribution in [2.75, 3.05) is 24.6 Å². The smallest absolute Gasteiger partial charge is 0.0691 e. The molecule has 1 aromatic carbocycles. The zero-order valence-corrected chi connectivity index (χ0v) is 21.8. The number of aromatic nitrogens is 1. The van der Waals surface area contributed by atoms with Crippen LogP contribution in [0, 0.1) is 5.92 Å². The highest BCUT2D eigenvalue weighted by atomic mass is 16.5. The number of hydrogen-bond donors (Lipinski definition) is 1. The standard InChI is InChI=1S/C31H43N3O/c1-23(2)27-12-11-24-8-7-9-25-26(13-20-34(27)29(24)25)32-19-16-30(28-10-3-6-18-33-28)17-21-35-31(22-30)14-4-5-15-31/h3,6-10,18,23,26-27,32H,4-5,11-17,19-22H2,1-2H3/t26?,27?,30-/m1/s1. The quantitative estimate of drug-likeness (QED) is 0.531. The van der Waals surface area contributed by atoms with Crippen LogP contribution in [0.4, 0.5) is 5.69 Å². The molecule has 1 spiro atoms. The Morgan fingerprint density at radius 2 is 1.97 bits per heavy atom. The van der Waals surface area contributed by atoms with Crippen molar-refractivity contribution in [1.82, 2.24) is 10.3 Å². The maximum Gasteiger partial charge on any atom is 0.0691 e. The van der Waals surface area contributed by atoms with E-state index in [1.54, 1.807) is 11.3 Å². The molecule has 2 aromatic rings. The molecule has 0 bridgehead atoms. The van der Waals surface area contributed by atoms with Crippen LogP contribution in [0.5, 0.6) is 0 Å². The van der Waals surface area contributed by atoms with Gasteiger partial charge in [-0.05, 0) is 87.1 Å². The van der Waals surface area contributed by atoms with Crippen LogP contribution < -0.4 is 10.2 Å². The molecule has 0 radical (unpaired) electrons. The Balaban J connectivity index is 1.21. The third-order valence-electron chi connectivity index (χ3n) is 9.72. The van der Waals surface area contributed by atoms with Crippen molar-refractivity contribution in [3.8, 4) is 0 Å². The van der Waals surface area contributed by atoms with Gasteiger partial charge >= 0.3 is 0 Å². The number of rotatable bonds is 6. The largest absolute Gasteiger partial charge is 0.375 e. The molecular formula is C31H43N3O.